The fourth-order valence-corrected chi connectivity index (χ4v) is 4.51. The highest BCUT2D eigenvalue weighted by molar-refractivity contribution is 5.44. The van der Waals surface area contributed by atoms with Gasteiger partial charge in [0, 0.05) is 31.1 Å². The minimum Gasteiger partial charge on any atom is -0.454 e. The predicted molar refractivity (Wildman–Crippen MR) is 101 cm³/mol. The van der Waals surface area contributed by atoms with E-state index >= 15 is 0 Å². The van der Waals surface area contributed by atoms with E-state index in [4.69, 9.17) is 14.5 Å². The predicted octanol–water partition coefficient (Wildman–Crippen LogP) is 3.10. The molecule has 2 aromatic rings. The SMILES string of the molecule is O=c1[nH]c(C2CCCCC2)nc2c1CCN(Cc1ccc3c(c1)OCO3)C2. The second-order valence-electron chi connectivity index (χ2n) is 7.86. The van der Waals surface area contributed by atoms with Crippen molar-refractivity contribution in [2.45, 2.75) is 57.5 Å². The summed E-state index contributed by atoms with van der Waals surface area (Å²) in [4.78, 5) is 22.9. The molecule has 0 spiro atoms. The first-order valence-electron chi connectivity index (χ1n) is 9.99. The van der Waals surface area contributed by atoms with Crippen LogP contribution in [0, 0.1) is 0 Å². The van der Waals surface area contributed by atoms with Crippen LogP contribution in [-0.4, -0.2) is 28.2 Å². The summed E-state index contributed by atoms with van der Waals surface area (Å²) in [6.07, 6.45) is 6.82. The molecule has 3 heterocycles. The molecule has 6 heteroatoms. The Bertz CT molecular complexity index is 902. The van der Waals surface area contributed by atoms with Gasteiger partial charge in [-0.2, -0.15) is 0 Å². The van der Waals surface area contributed by atoms with Gasteiger partial charge in [-0.25, -0.2) is 4.98 Å². The number of rotatable bonds is 3. The van der Waals surface area contributed by atoms with Gasteiger partial charge in [-0.05, 0) is 37.0 Å². The summed E-state index contributed by atoms with van der Waals surface area (Å²) in [5, 5.41) is 0. The molecule has 1 fully saturated rings. The molecule has 2 aliphatic heterocycles. The maximum Gasteiger partial charge on any atom is 0.254 e. The average molecular weight is 367 g/mol. The second-order valence-corrected chi connectivity index (χ2v) is 7.86. The molecular weight excluding hydrogens is 342 g/mol. The Kier molecular flexibility index (Phi) is 4.36. The highest BCUT2D eigenvalue weighted by Gasteiger charge is 2.25. The molecule has 1 aromatic carbocycles. The summed E-state index contributed by atoms with van der Waals surface area (Å²) >= 11 is 0. The summed E-state index contributed by atoms with van der Waals surface area (Å²) in [5.41, 5.74) is 3.10. The van der Waals surface area contributed by atoms with Crippen molar-refractivity contribution in [3.8, 4) is 11.5 Å². The van der Waals surface area contributed by atoms with Crippen molar-refractivity contribution < 1.29 is 9.47 Å². The topological polar surface area (TPSA) is 67.5 Å². The van der Waals surface area contributed by atoms with E-state index in [1.165, 1.54) is 24.8 Å². The standard InChI is InChI=1S/C21H25N3O3/c25-21-16-8-9-24(11-14-6-7-18-19(10-14)27-13-26-18)12-17(16)22-20(23-21)15-4-2-1-3-5-15/h6-7,10,15H,1-5,8-9,11-13H2,(H,22,23,25). The monoisotopic (exact) mass is 367 g/mol. The van der Waals surface area contributed by atoms with E-state index in [0.29, 0.717) is 12.7 Å². The fourth-order valence-electron chi connectivity index (χ4n) is 4.51. The van der Waals surface area contributed by atoms with Crippen LogP contribution in [0.15, 0.2) is 23.0 Å². The van der Waals surface area contributed by atoms with Gasteiger partial charge >= 0.3 is 0 Å². The van der Waals surface area contributed by atoms with Gasteiger partial charge in [-0.15, -0.1) is 0 Å². The summed E-state index contributed by atoms with van der Waals surface area (Å²) in [5.74, 6) is 2.96. The smallest absolute Gasteiger partial charge is 0.254 e. The number of aromatic nitrogens is 2. The van der Waals surface area contributed by atoms with Crippen LogP contribution in [-0.2, 0) is 19.5 Å². The molecule has 0 unspecified atom stereocenters. The minimum absolute atomic E-state index is 0.0725. The molecule has 1 saturated carbocycles. The second kappa shape index (κ2) is 7.00. The lowest BCUT2D eigenvalue weighted by molar-refractivity contribution is 0.174. The van der Waals surface area contributed by atoms with E-state index in [2.05, 4.69) is 22.0 Å². The molecule has 6 nitrogen and oxygen atoms in total. The maximum absolute atomic E-state index is 12.6. The number of benzene rings is 1. The Balaban J connectivity index is 1.35. The Morgan fingerprint density at radius 3 is 2.89 bits per heavy atom. The van der Waals surface area contributed by atoms with E-state index in [9.17, 15) is 4.79 Å². The normalized spacial score (nSPS) is 19.9. The number of H-pyrrole nitrogens is 1. The minimum atomic E-state index is 0.0725. The first kappa shape index (κ1) is 16.8. The number of ether oxygens (including phenoxy) is 2. The molecule has 0 bridgehead atoms. The maximum atomic E-state index is 12.6. The summed E-state index contributed by atoms with van der Waals surface area (Å²) in [6, 6.07) is 6.11. The van der Waals surface area contributed by atoms with Gasteiger partial charge in [-0.3, -0.25) is 9.69 Å². The molecule has 1 aliphatic carbocycles. The van der Waals surface area contributed by atoms with Crippen molar-refractivity contribution in [2.24, 2.45) is 0 Å². The molecule has 1 N–H and O–H groups in total. The number of nitrogens with zero attached hydrogens (tertiary/aromatic N) is 2. The van der Waals surface area contributed by atoms with Crippen LogP contribution in [0.2, 0.25) is 0 Å². The molecule has 3 aliphatic rings. The highest BCUT2D eigenvalue weighted by atomic mass is 16.7. The highest BCUT2D eigenvalue weighted by Crippen LogP contribution is 2.33. The third-order valence-corrected chi connectivity index (χ3v) is 6.01. The lowest BCUT2D eigenvalue weighted by Gasteiger charge is -2.29. The number of hydrogen-bond donors (Lipinski definition) is 1. The molecule has 0 saturated heterocycles. The van der Waals surface area contributed by atoms with E-state index in [1.807, 2.05) is 6.07 Å². The summed E-state index contributed by atoms with van der Waals surface area (Å²) in [7, 11) is 0. The van der Waals surface area contributed by atoms with Crippen LogP contribution in [0.3, 0.4) is 0 Å². The number of nitrogens with one attached hydrogen (secondary N) is 1. The Morgan fingerprint density at radius 2 is 2.00 bits per heavy atom. The lowest BCUT2D eigenvalue weighted by Crippen LogP contribution is -2.35. The molecule has 5 rings (SSSR count). The van der Waals surface area contributed by atoms with Gasteiger partial charge in [0.05, 0.1) is 5.69 Å². The van der Waals surface area contributed by atoms with E-state index < -0.39 is 0 Å². The van der Waals surface area contributed by atoms with Gasteiger partial charge in [-0.1, -0.05) is 25.3 Å². The third kappa shape index (κ3) is 3.34. The van der Waals surface area contributed by atoms with Crippen molar-refractivity contribution in [3.05, 3.63) is 51.2 Å². The Morgan fingerprint density at radius 1 is 1.15 bits per heavy atom. The summed E-state index contributed by atoms with van der Waals surface area (Å²) in [6.45, 7) is 2.72. The first-order chi connectivity index (χ1) is 13.3. The van der Waals surface area contributed by atoms with Crippen molar-refractivity contribution in [1.82, 2.24) is 14.9 Å². The molecule has 27 heavy (non-hydrogen) atoms. The molecule has 0 atom stereocenters. The number of aromatic amines is 1. The van der Waals surface area contributed by atoms with Gasteiger partial charge in [0.15, 0.2) is 11.5 Å². The molecule has 0 radical (unpaired) electrons. The zero-order valence-corrected chi connectivity index (χ0v) is 15.5. The third-order valence-electron chi connectivity index (χ3n) is 6.01. The van der Waals surface area contributed by atoms with E-state index in [0.717, 1.165) is 67.5 Å². The van der Waals surface area contributed by atoms with Crippen LogP contribution in [0.1, 0.15) is 60.7 Å². The van der Waals surface area contributed by atoms with Gasteiger partial charge in [0.25, 0.3) is 5.56 Å². The lowest BCUT2D eigenvalue weighted by atomic mass is 9.88. The van der Waals surface area contributed by atoms with Crippen LogP contribution < -0.4 is 15.0 Å². The number of hydrogen-bond acceptors (Lipinski definition) is 5. The largest absolute Gasteiger partial charge is 0.454 e. The van der Waals surface area contributed by atoms with Crippen LogP contribution in [0.4, 0.5) is 0 Å². The Labute approximate surface area is 158 Å². The van der Waals surface area contributed by atoms with Gasteiger partial charge in [0.2, 0.25) is 6.79 Å². The van der Waals surface area contributed by atoms with Gasteiger partial charge in [0.1, 0.15) is 5.82 Å². The van der Waals surface area contributed by atoms with Crippen molar-refractivity contribution in [2.75, 3.05) is 13.3 Å². The van der Waals surface area contributed by atoms with Crippen LogP contribution in [0.5, 0.6) is 11.5 Å². The quantitative estimate of drug-likeness (QED) is 0.903. The van der Waals surface area contributed by atoms with Crippen LogP contribution >= 0.6 is 0 Å². The van der Waals surface area contributed by atoms with E-state index in [1.54, 1.807) is 0 Å². The van der Waals surface area contributed by atoms with Crippen molar-refractivity contribution in [1.29, 1.82) is 0 Å². The summed E-state index contributed by atoms with van der Waals surface area (Å²) < 4.78 is 10.9. The van der Waals surface area contributed by atoms with Crippen LogP contribution in [0.25, 0.3) is 0 Å². The zero-order chi connectivity index (χ0) is 18.2. The molecular formula is C21H25N3O3. The van der Waals surface area contributed by atoms with Crippen molar-refractivity contribution in [3.63, 3.8) is 0 Å². The molecule has 0 amide bonds. The molecule has 1 aromatic heterocycles. The zero-order valence-electron chi connectivity index (χ0n) is 15.5. The molecule has 142 valence electrons. The Hall–Kier alpha value is -2.34. The fraction of sp³-hybridized carbons (Fsp3) is 0.524. The van der Waals surface area contributed by atoms with E-state index in [-0.39, 0.29) is 5.56 Å². The van der Waals surface area contributed by atoms with Crippen molar-refractivity contribution >= 4 is 0 Å². The first-order valence-corrected chi connectivity index (χ1v) is 9.99. The number of fused-ring (bicyclic) bond motifs is 2. The van der Waals surface area contributed by atoms with Gasteiger partial charge < -0.3 is 14.5 Å². The average Bonchev–Trinajstić information content (AvgIpc) is 3.16.